The van der Waals surface area contributed by atoms with Crippen LogP contribution in [0, 0.1) is 5.92 Å². The summed E-state index contributed by atoms with van der Waals surface area (Å²) in [6, 6.07) is 5.20. The third-order valence-corrected chi connectivity index (χ3v) is 5.54. The fraction of sp³-hybridized carbons (Fsp3) is 0.667. The molecule has 2 fully saturated rings. The van der Waals surface area contributed by atoms with Gasteiger partial charge in [0.25, 0.3) is 0 Å². The highest BCUT2D eigenvalue weighted by Gasteiger charge is 2.37. The van der Waals surface area contributed by atoms with Gasteiger partial charge in [-0.15, -0.1) is 0 Å². The first-order chi connectivity index (χ1) is 11.1. The molecule has 2 aliphatic heterocycles. The van der Waals surface area contributed by atoms with Gasteiger partial charge in [-0.1, -0.05) is 13.0 Å². The number of hydrogen-bond donors (Lipinski definition) is 0. The number of amides is 1. The zero-order valence-corrected chi connectivity index (χ0v) is 14.5. The number of carbonyl (C=O) groups is 1. The molecule has 0 aromatic carbocycles. The molecule has 0 bridgehead atoms. The summed E-state index contributed by atoms with van der Waals surface area (Å²) in [5.74, 6) is 0.869. The molecule has 0 N–H and O–H groups in total. The van der Waals surface area contributed by atoms with E-state index in [4.69, 9.17) is 0 Å². The zero-order chi connectivity index (χ0) is 16.4. The standard InChI is InChI=1S/C18H28N4O/c1-14-12-22(15(2)17-5-4-6-19-11-17)13-18(14)21-9-7-20(8-10-21)16(3)23/h4-6,11,14-15,18H,7-10,12-13H2,1-3H3/t14-,15+,18-/m1/s1. The molecule has 5 heteroatoms. The normalized spacial score (nSPS) is 28.0. The van der Waals surface area contributed by atoms with Crippen molar-refractivity contribution in [2.24, 2.45) is 5.92 Å². The molecule has 0 aliphatic carbocycles. The number of rotatable bonds is 3. The fourth-order valence-electron chi connectivity index (χ4n) is 3.98. The van der Waals surface area contributed by atoms with Crippen LogP contribution in [0.1, 0.15) is 32.4 Å². The third-order valence-electron chi connectivity index (χ3n) is 5.54. The molecular weight excluding hydrogens is 288 g/mol. The maximum absolute atomic E-state index is 11.5. The Morgan fingerprint density at radius 2 is 2.00 bits per heavy atom. The minimum absolute atomic E-state index is 0.205. The second-order valence-corrected chi connectivity index (χ2v) is 7.00. The smallest absolute Gasteiger partial charge is 0.219 e. The van der Waals surface area contributed by atoms with Crippen LogP contribution in [0.15, 0.2) is 24.5 Å². The van der Waals surface area contributed by atoms with E-state index in [1.165, 1.54) is 5.56 Å². The molecule has 5 nitrogen and oxygen atoms in total. The number of pyridine rings is 1. The lowest BCUT2D eigenvalue weighted by Crippen LogP contribution is -2.53. The fourth-order valence-corrected chi connectivity index (χ4v) is 3.98. The molecule has 3 heterocycles. The molecule has 3 rings (SSSR count). The van der Waals surface area contributed by atoms with Crippen molar-refractivity contribution in [1.82, 2.24) is 19.7 Å². The van der Waals surface area contributed by atoms with Gasteiger partial charge in [-0.2, -0.15) is 0 Å². The van der Waals surface area contributed by atoms with Crippen LogP contribution in [0.4, 0.5) is 0 Å². The predicted octanol–water partition coefficient (Wildman–Crippen LogP) is 1.63. The van der Waals surface area contributed by atoms with E-state index in [2.05, 4.69) is 34.7 Å². The second kappa shape index (κ2) is 6.97. The van der Waals surface area contributed by atoms with Gasteiger partial charge < -0.3 is 4.90 Å². The second-order valence-electron chi connectivity index (χ2n) is 7.00. The van der Waals surface area contributed by atoms with E-state index in [1.807, 2.05) is 23.4 Å². The Morgan fingerprint density at radius 3 is 2.61 bits per heavy atom. The van der Waals surface area contributed by atoms with Gasteiger partial charge in [-0.25, -0.2) is 0 Å². The van der Waals surface area contributed by atoms with Crippen molar-refractivity contribution in [3.8, 4) is 0 Å². The molecule has 0 saturated carbocycles. The minimum Gasteiger partial charge on any atom is -0.340 e. The first kappa shape index (κ1) is 16.4. The van der Waals surface area contributed by atoms with Crippen molar-refractivity contribution in [3.63, 3.8) is 0 Å². The molecule has 0 unspecified atom stereocenters. The summed E-state index contributed by atoms with van der Waals surface area (Å²) in [6.07, 6.45) is 3.81. The largest absolute Gasteiger partial charge is 0.340 e. The number of aromatic nitrogens is 1. The van der Waals surface area contributed by atoms with Gasteiger partial charge in [0.05, 0.1) is 0 Å². The van der Waals surface area contributed by atoms with E-state index in [9.17, 15) is 4.79 Å². The Labute approximate surface area is 139 Å². The molecular formula is C18H28N4O. The van der Waals surface area contributed by atoms with Crippen LogP contribution in [-0.2, 0) is 4.79 Å². The molecule has 3 atom stereocenters. The Kier molecular flexibility index (Phi) is 4.97. The minimum atomic E-state index is 0.205. The molecule has 2 aliphatic rings. The molecule has 0 radical (unpaired) electrons. The number of hydrogen-bond acceptors (Lipinski definition) is 4. The van der Waals surface area contributed by atoms with Crippen molar-refractivity contribution in [1.29, 1.82) is 0 Å². The van der Waals surface area contributed by atoms with Crippen LogP contribution >= 0.6 is 0 Å². The number of piperazine rings is 1. The molecule has 0 spiro atoms. The first-order valence-electron chi connectivity index (χ1n) is 8.70. The highest BCUT2D eigenvalue weighted by molar-refractivity contribution is 5.73. The number of nitrogens with zero attached hydrogens (tertiary/aromatic N) is 4. The average Bonchev–Trinajstić information content (AvgIpc) is 2.97. The Morgan fingerprint density at radius 1 is 1.26 bits per heavy atom. The van der Waals surface area contributed by atoms with Crippen molar-refractivity contribution < 1.29 is 4.79 Å². The van der Waals surface area contributed by atoms with E-state index < -0.39 is 0 Å². The lowest BCUT2D eigenvalue weighted by Gasteiger charge is -2.39. The maximum atomic E-state index is 11.5. The van der Waals surface area contributed by atoms with Gasteiger partial charge in [0, 0.05) is 70.7 Å². The van der Waals surface area contributed by atoms with Crippen LogP contribution in [0.3, 0.4) is 0 Å². The summed E-state index contributed by atoms with van der Waals surface area (Å²) in [7, 11) is 0. The van der Waals surface area contributed by atoms with Crippen molar-refractivity contribution in [2.45, 2.75) is 32.9 Å². The van der Waals surface area contributed by atoms with Gasteiger partial charge in [0.15, 0.2) is 0 Å². The first-order valence-corrected chi connectivity index (χ1v) is 8.70. The molecule has 2 saturated heterocycles. The van der Waals surface area contributed by atoms with Crippen LogP contribution in [0.5, 0.6) is 0 Å². The lowest BCUT2D eigenvalue weighted by atomic mass is 10.0. The molecule has 126 valence electrons. The van der Waals surface area contributed by atoms with Crippen molar-refractivity contribution >= 4 is 5.91 Å². The Bertz CT molecular complexity index is 527. The van der Waals surface area contributed by atoms with Crippen LogP contribution < -0.4 is 0 Å². The predicted molar refractivity (Wildman–Crippen MR) is 91.0 cm³/mol. The van der Waals surface area contributed by atoms with E-state index in [1.54, 1.807) is 6.92 Å². The summed E-state index contributed by atoms with van der Waals surface area (Å²) in [5.41, 5.74) is 1.29. The monoisotopic (exact) mass is 316 g/mol. The highest BCUT2D eigenvalue weighted by Crippen LogP contribution is 2.30. The van der Waals surface area contributed by atoms with Gasteiger partial charge in [-0.3, -0.25) is 19.6 Å². The lowest BCUT2D eigenvalue weighted by molar-refractivity contribution is -0.130. The van der Waals surface area contributed by atoms with Crippen LogP contribution in [-0.4, -0.2) is 70.9 Å². The molecule has 1 amide bonds. The van der Waals surface area contributed by atoms with Gasteiger partial charge in [0.2, 0.25) is 5.91 Å². The number of carbonyl (C=O) groups excluding carboxylic acids is 1. The van der Waals surface area contributed by atoms with Gasteiger partial charge >= 0.3 is 0 Å². The van der Waals surface area contributed by atoms with Crippen LogP contribution in [0.25, 0.3) is 0 Å². The summed E-state index contributed by atoms with van der Waals surface area (Å²) in [4.78, 5) is 22.9. The average molecular weight is 316 g/mol. The summed E-state index contributed by atoms with van der Waals surface area (Å²) in [6.45, 7) is 12.3. The van der Waals surface area contributed by atoms with E-state index >= 15 is 0 Å². The Balaban J connectivity index is 1.60. The molecule has 1 aromatic rings. The quantitative estimate of drug-likeness (QED) is 0.850. The van der Waals surface area contributed by atoms with Crippen molar-refractivity contribution in [3.05, 3.63) is 30.1 Å². The van der Waals surface area contributed by atoms with Gasteiger partial charge in [0.1, 0.15) is 0 Å². The highest BCUT2D eigenvalue weighted by atomic mass is 16.2. The maximum Gasteiger partial charge on any atom is 0.219 e. The van der Waals surface area contributed by atoms with Crippen LogP contribution in [0.2, 0.25) is 0 Å². The zero-order valence-electron chi connectivity index (χ0n) is 14.5. The van der Waals surface area contributed by atoms with E-state index in [0.717, 1.165) is 39.3 Å². The SMILES string of the molecule is CC(=O)N1CCN([C@@H]2CN([C@@H](C)c3cccnc3)C[C@H]2C)CC1. The summed E-state index contributed by atoms with van der Waals surface area (Å²) in [5, 5.41) is 0. The van der Waals surface area contributed by atoms with Gasteiger partial charge in [-0.05, 0) is 24.5 Å². The number of likely N-dealkylation sites (tertiary alicyclic amines) is 1. The molecule has 1 aromatic heterocycles. The van der Waals surface area contributed by atoms with E-state index in [0.29, 0.717) is 18.0 Å². The third kappa shape index (κ3) is 3.56. The molecule has 23 heavy (non-hydrogen) atoms. The summed E-state index contributed by atoms with van der Waals surface area (Å²) < 4.78 is 0. The van der Waals surface area contributed by atoms with E-state index in [-0.39, 0.29) is 5.91 Å². The Hall–Kier alpha value is -1.46. The topological polar surface area (TPSA) is 39.7 Å². The summed E-state index contributed by atoms with van der Waals surface area (Å²) >= 11 is 0. The van der Waals surface area contributed by atoms with Crippen molar-refractivity contribution in [2.75, 3.05) is 39.3 Å².